The average molecular weight is 284 g/mol. The molecule has 0 aliphatic rings. The van der Waals surface area contributed by atoms with Gasteiger partial charge in [0, 0.05) is 34.4 Å². The molecule has 1 unspecified atom stereocenters. The molecule has 2 aromatic rings. The van der Waals surface area contributed by atoms with Gasteiger partial charge in [0.1, 0.15) is 0 Å². The SMILES string of the molecule is Cc1c(C(N)Cc2c(Cl)cccc2Cl)cnn1C. The summed E-state index contributed by atoms with van der Waals surface area (Å²) >= 11 is 12.3. The molecule has 0 bridgehead atoms. The molecule has 1 heterocycles. The average Bonchev–Trinajstić information content (AvgIpc) is 2.65. The molecule has 3 nitrogen and oxygen atoms in total. The van der Waals surface area contributed by atoms with Crippen LogP contribution in [0.25, 0.3) is 0 Å². The summed E-state index contributed by atoms with van der Waals surface area (Å²) in [5.74, 6) is 0. The molecule has 96 valence electrons. The van der Waals surface area contributed by atoms with Crippen LogP contribution < -0.4 is 5.73 Å². The van der Waals surface area contributed by atoms with Crippen LogP contribution in [0.1, 0.15) is 22.9 Å². The monoisotopic (exact) mass is 283 g/mol. The fourth-order valence-corrected chi connectivity index (χ4v) is 2.49. The minimum absolute atomic E-state index is 0.156. The second kappa shape index (κ2) is 5.31. The van der Waals surface area contributed by atoms with Gasteiger partial charge in [0.05, 0.1) is 6.20 Å². The Balaban J connectivity index is 2.27. The predicted molar refractivity (Wildman–Crippen MR) is 75.0 cm³/mol. The summed E-state index contributed by atoms with van der Waals surface area (Å²) in [5.41, 5.74) is 9.18. The van der Waals surface area contributed by atoms with Crippen molar-refractivity contribution in [3.05, 3.63) is 51.3 Å². The van der Waals surface area contributed by atoms with Crippen molar-refractivity contribution in [2.24, 2.45) is 12.8 Å². The molecule has 1 atom stereocenters. The van der Waals surface area contributed by atoms with E-state index in [2.05, 4.69) is 5.10 Å². The van der Waals surface area contributed by atoms with E-state index in [9.17, 15) is 0 Å². The van der Waals surface area contributed by atoms with Crippen LogP contribution in [0, 0.1) is 6.92 Å². The number of nitrogens with two attached hydrogens (primary N) is 1. The second-order valence-electron chi connectivity index (χ2n) is 4.32. The van der Waals surface area contributed by atoms with Crippen LogP contribution >= 0.6 is 23.2 Å². The zero-order chi connectivity index (χ0) is 13.3. The number of hydrogen-bond acceptors (Lipinski definition) is 2. The number of aryl methyl sites for hydroxylation is 1. The molecule has 1 aromatic heterocycles. The number of benzene rings is 1. The largest absolute Gasteiger partial charge is 0.324 e. The highest BCUT2D eigenvalue weighted by Gasteiger charge is 2.16. The first-order valence-corrected chi connectivity index (χ1v) is 6.43. The molecule has 18 heavy (non-hydrogen) atoms. The van der Waals surface area contributed by atoms with Crippen molar-refractivity contribution >= 4 is 23.2 Å². The smallest absolute Gasteiger partial charge is 0.0540 e. The minimum atomic E-state index is -0.156. The lowest BCUT2D eigenvalue weighted by molar-refractivity contribution is 0.701. The van der Waals surface area contributed by atoms with Gasteiger partial charge in [0.2, 0.25) is 0 Å². The van der Waals surface area contributed by atoms with Gasteiger partial charge in [-0.3, -0.25) is 4.68 Å². The molecule has 2 rings (SSSR count). The Morgan fingerprint density at radius 2 is 1.94 bits per heavy atom. The molecule has 0 radical (unpaired) electrons. The Morgan fingerprint density at radius 1 is 1.33 bits per heavy atom. The highest BCUT2D eigenvalue weighted by Crippen LogP contribution is 2.29. The maximum Gasteiger partial charge on any atom is 0.0540 e. The van der Waals surface area contributed by atoms with Crippen molar-refractivity contribution in [3.63, 3.8) is 0 Å². The highest BCUT2D eigenvalue weighted by molar-refractivity contribution is 6.36. The van der Waals surface area contributed by atoms with Crippen molar-refractivity contribution in [1.82, 2.24) is 9.78 Å². The summed E-state index contributed by atoms with van der Waals surface area (Å²) in [5, 5.41) is 5.50. The lowest BCUT2D eigenvalue weighted by atomic mass is 10.0. The summed E-state index contributed by atoms with van der Waals surface area (Å²) in [6.45, 7) is 2.00. The van der Waals surface area contributed by atoms with Gasteiger partial charge in [-0.2, -0.15) is 5.10 Å². The Kier molecular flexibility index (Phi) is 3.95. The lowest BCUT2D eigenvalue weighted by Crippen LogP contribution is -2.14. The molecule has 5 heteroatoms. The van der Waals surface area contributed by atoms with E-state index in [-0.39, 0.29) is 6.04 Å². The fraction of sp³-hybridized carbons (Fsp3) is 0.308. The normalized spacial score (nSPS) is 12.7. The van der Waals surface area contributed by atoms with Crippen LogP contribution in [0.2, 0.25) is 10.0 Å². The maximum absolute atomic E-state index is 6.21. The molecular weight excluding hydrogens is 269 g/mol. The third-order valence-corrected chi connectivity index (χ3v) is 3.87. The number of nitrogens with zero attached hydrogens (tertiary/aromatic N) is 2. The molecule has 0 aliphatic heterocycles. The molecular formula is C13H15Cl2N3. The van der Waals surface area contributed by atoms with Crippen molar-refractivity contribution in [2.45, 2.75) is 19.4 Å². The van der Waals surface area contributed by atoms with Crippen LogP contribution in [0.4, 0.5) is 0 Å². The summed E-state index contributed by atoms with van der Waals surface area (Å²) in [6.07, 6.45) is 2.40. The number of hydrogen-bond donors (Lipinski definition) is 1. The Hall–Kier alpha value is -1.03. The van der Waals surface area contributed by atoms with Crippen LogP contribution in [0.5, 0.6) is 0 Å². The van der Waals surface area contributed by atoms with E-state index in [4.69, 9.17) is 28.9 Å². The Labute approximate surface area is 117 Å². The van der Waals surface area contributed by atoms with Crippen molar-refractivity contribution in [3.8, 4) is 0 Å². The molecule has 0 amide bonds. The molecule has 0 fully saturated rings. The van der Waals surface area contributed by atoms with E-state index in [1.807, 2.05) is 36.9 Å². The zero-order valence-electron chi connectivity index (χ0n) is 10.3. The van der Waals surface area contributed by atoms with Crippen LogP contribution in [0.15, 0.2) is 24.4 Å². The third-order valence-electron chi connectivity index (χ3n) is 3.16. The van der Waals surface area contributed by atoms with E-state index < -0.39 is 0 Å². The Bertz CT molecular complexity index is 543. The van der Waals surface area contributed by atoms with Gasteiger partial charge in [0.25, 0.3) is 0 Å². The van der Waals surface area contributed by atoms with Crippen molar-refractivity contribution in [1.29, 1.82) is 0 Å². The summed E-state index contributed by atoms with van der Waals surface area (Å²) in [7, 11) is 1.90. The lowest BCUT2D eigenvalue weighted by Gasteiger charge is -2.13. The van der Waals surface area contributed by atoms with Gasteiger partial charge in [-0.15, -0.1) is 0 Å². The minimum Gasteiger partial charge on any atom is -0.324 e. The Morgan fingerprint density at radius 3 is 2.44 bits per heavy atom. The van der Waals surface area contributed by atoms with Gasteiger partial charge in [-0.05, 0) is 31.0 Å². The summed E-state index contributed by atoms with van der Waals surface area (Å²) < 4.78 is 1.81. The summed E-state index contributed by atoms with van der Waals surface area (Å²) in [4.78, 5) is 0. The second-order valence-corrected chi connectivity index (χ2v) is 5.13. The first-order chi connectivity index (χ1) is 8.50. The predicted octanol–water partition coefficient (Wildman–Crippen LogP) is 3.28. The topological polar surface area (TPSA) is 43.8 Å². The molecule has 0 saturated heterocycles. The number of halogens is 2. The number of rotatable bonds is 3. The quantitative estimate of drug-likeness (QED) is 0.940. The zero-order valence-corrected chi connectivity index (χ0v) is 11.8. The van der Waals surface area contributed by atoms with E-state index in [1.54, 1.807) is 6.20 Å². The van der Waals surface area contributed by atoms with Gasteiger partial charge in [-0.1, -0.05) is 29.3 Å². The maximum atomic E-state index is 6.21. The van der Waals surface area contributed by atoms with Crippen LogP contribution in [-0.2, 0) is 13.5 Å². The van der Waals surface area contributed by atoms with Gasteiger partial charge >= 0.3 is 0 Å². The first kappa shape index (κ1) is 13.4. The van der Waals surface area contributed by atoms with Gasteiger partial charge in [-0.25, -0.2) is 0 Å². The summed E-state index contributed by atoms with van der Waals surface area (Å²) in [6, 6.07) is 5.32. The molecule has 1 aromatic carbocycles. The van der Waals surface area contributed by atoms with Crippen LogP contribution in [-0.4, -0.2) is 9.78 Å². The number of aromatic nitrogens is 2. The third kappa shape index (κ3) is 2.53. The van der Waals surface area contributed by atoms with Crippen molar-refractivity contribution < 1.29 is 0 Å². The highest BCUT2D eigenvalue weighted by atomic mass is 35.5. The molecule has 0 spiro atoms. The fourth-order valence-electron chi connectivity index (χ4n) is 1.94. The molecule has 2 N–H and O–H groups in total. The van der Waals surface area contributed by atoms with Gasteiger partial charge in [0.15, 0.2) is 0 Å². The van der Waals surface area contributed by atoms with E-state index in [0.29, 0.717) is 16.5 Å². The molecule has 0 saturated carbocycles. The first-order valence-electron chi connectivity index (χ1n) is 5.67. The van der Waals surface area contributed by atoms with E-state index in [1.165, 1.54) is 0 Å². The van der Waals surface area contributed by atoms with E-state index >= 15 is 0 Å². The van der Waals surface area contributed by atoms with Gasteiger partial charge < -0.3 is 5.73 Å². The standard InChI is InChI=1S/C13H15Cl2N3/c1-8-10(7-17-18(8)2)13(16)6-9-11(14)4-3-5-12(9)15/h3-5,7,13H,6,16H2,1-2H3. The van der Waals surface area contributed by atoms with E-state index in [0.717, 1.165) is 16.8 Å². The van der Waals surface area contributed by atoms with Crippen molar-refractivity contribution in [2.75, 3.05) is 0 Å². The van der Waals surface area contributed by atoms with Crippen LogP contribution in [0.3, 0.4) is 0 Å². The molecule has 0 aliphatic carbocycles.